The van der Waals surface area contributed by atoms with Crippen molar-refractivity contribution < 1.29 is 0 Å². The predicted octanol–water partition coefficient (Wildman–Crippen LogP) is 3.93. The minimum absolute atomic E-state index is 0.123. The summed E-state index contributed by atoms with van der Waals surface area (Å²) < 4.78 is 0. The average Bonchev–Trinajstić information content (AvgIpc) is 3.15. The molecule has 2 N–H and O–H groups in total. The van der Waals surface area contributed by atoms with Crippen molar-refractivity contribution in [2.75, 3.05) is 17.7 Å². The fourth-order valence-electron chi connectivity index (χ4n) is 2.03. The maximum absolute atomic E-state index is 4.53. The van der Waals surface area contributed by atoms with Gasteiger partial charge in [-0.15, -0.1) is 22.7 Å². The van der Waals surface area contributed by atoms with Gasteiger partial charge < -0.3 is 10.6 Å². The van der Waals surface area contributed by atoms with Gasteiger partial charge in [-0.1, -0.05) is 6.92 Å². The number of thiophene rings is 1. The van der Waals surface area contributed by atoms with E-state index >= 15 is 0 Å². The number of hydrogen-bond acceptors (Lipinski definition) is 7. The van der Waals surface area contributed by atoms with Crippen LogP contribution < -0.4 is 10.6 Å². The monoisotopic (exact) mass is 319 g/mol. The van der Waals surface area contributed by atoms with Gasteiger partial charge in [0.05, 0.1) is 11.4 Å². The standard InChI is InChI=1S/C14H17N5S2/c1-4-9-7-16-12(21-9)8(2)17-11-10-5-6-20-13(10)19-14(15-3)18-11/h5-8H,4H2,1-3H3,(H2,15,17,18,19). The van der Waals surface area contributed by atoms with E-state index in [1.165, 1.54) is 4.88 Å². The molecule has 3 aromatic heterocycles. The zero-order valence-electron chi connectivity index (χ0n) is 12.2. The van der Waals surface area contributed by atoms with E-state index in [2.05, 4.69) is 39.4 Å². The smallest absolute Gasteiger partial charge is 0.225 e. The first-order chi connectivity index (χ1) is 10.2. The second-order valence-electron chi connectivity index (χ2n) is 4.67. The number of aromatic nitrogens is 3. The first-order valence-electron chi connectivity index (χ1n) is 6.85. The lowest BCUT2D eigenvalue weighted by molar-refractivity contribution is 0.862. The lowest BCUT2D eigenvalue weighted by Gasteiger charge is -2.13. The molecule has 1 unspecified atom stereocenters. The predicted molar refractivity (Wildman–Crippen MR) is 90.5 cm³/mol. The van der Waals surface area contributed by atoms with E-state index in [0.29, 0.717) is 5.95 Å². The Kier molecular flexibility index (Phi) is 4.03. The van der Waals surface area contributed by atoms with Crippen LogP contribution in [0.25, 0.3) is 10.2 Å². The highest BCUT2D eigenvalue weighted by Gasteiger charge is 2.14. The molecule has 0 bridgehead atoms. The Labute approximate surface area is 131 Å². The number of rotatable bonds is 5. The molecule has 0 aliphatic rings. The fourth-order valence-corrected chi connectivity index (χ4v) is 3.65. The number of fused-ring (bicyclic) bond motifs is 1. The van der Waals surface area contributed by atoms with E-state index in [1.807, 2.05) is 24.7 Å². The second-order valence-corrected chi connectivity index (χ2v) is 6.71. The van der Waals surface area contributed by atoms with Gasteiger partial charge in [-0.2, -0.15) is 4.98 Å². The minimum Gasteiger partial charge on any atom is -0.360 e. The van der Waals surface area contributed by atoms with Crippen molar-refractivity contribution in [2.45, 2.75) is 26.3 Å². The summed E-state index contributed by atoms with van der Waals surface area (Å²) in [5.41, 5.74) is 0. The molecule has 0 aliphatic heterocycles. The quantitative estimate of drug-likeness (QED) is 0.746. The summed E-state index contributed by atoms with van der Waals surface area (Å²) in [5, 5.41) is 10.6. The van der Waals surface area contributed by atoms with Gasteiger partial charge in [-0.05, 0) is 24.8 Å². The van der Waals surface area contributed by atoms with Crippen molar-refractivity contribution >= 4 is 44.7 Å². The van der Waals surface area contributed by atoms with Crippen LogP contribution in [0.5, 0.6) is 0 Å². The largest absolute Gasteiger partial charge is 0.360 e. The van der Waals surface area contributed by atoms with Gasteiger partial charge >= 0.3 is 0 Å². The topological polar surface area (TPSA) is 62.7 Å². The molecule has 0 aliphatic carbocycles. The molecule has 0 aromatic carbocycles. The molecule has 7 heteroatoms. The highest BCUT2D eigenvalue weighted by molar-refractivity contribution is 7.16. The first-order valence-corrected chi connectivity index (χ1v) is 8.55. The number of aryl methyl sites for hydroxylation is 1. The Morgan fingerprint density at radius 2 is 2.19 bits per heavy atom. The molecule has 0 radical (unpaired) electrons. The van der Waals surface area contributed by atoms with Crippen molar-refractivity contribution in [3.63, 3.8) is 0 Å². The maximum Gasteiger partial charge on any atom is 0.225 e. The van der Waals surface area contributed by atoms with Gasteiger partial charge in [-0.25, -0.2) is 9.97 Å². The minimum atomic E-state index is 0.123. The molecule has 3 aromatic rings. The number of nitrogens with one attached hydrogen (secondary N) is 2. The summed E-state index contributed by atoms with van der Waals surface area (Å²) in [6.07, 6.45) is 2.98. The Balaban J connectivity index is 1.91. The maximum atomic E-state index is 4.53. The molecule has 5 nitrogen and oxygen atoms in total. The zero-order chi connectivity index (χ0) is 14.8. The van der Waals surface area contributed by atoms with E-state index in [0.717, 1.165) is 27.5 Å². The van der Waals surface area contributed by atoms with Crippen molar-refractivity contribution in [2.24, 2.45) is 0 Å². The zero-order valence-corrected chi connectivity index (χ0v) is 13.8. The molecular formula is C14H17N5S2. The van der Waals surface area contributed by atoms with Crippen molar-refractivity contribution in [1.29, 1.82) is 0 Å². The van der Waals surface area contributed by atoms with E-state index in [1.54, 1.807) is 22.7 Å². The normalized spacial score (nSPS) is 12.5. The highest BCUT2D eigenvalue weighted by atomic mass is 32.1. The Hall–Kier alpha value is -1.73. The number of hydrogen-bond donors (Lipinski definition) is 2. The summed E-state index contributed by atoms with van der Waals surface area (Å²) in [6.45, 7) is 4.26. The molecule has 0 saturated carbocycles. The van der Waals surface area contributed by atoms with E-state index < -0.39 is 0 Å². The number of nitrogens with zero attached hydrogens (tertiary/aromatic N) is 3. The molecular weight excluding hydrogens is 302 g/mol. The Bertz CT molecular complexity index is 749. The molecule has 3 rings (SSSR count). The van der Waals surface area contributed by atoms with Crippen molar-refractivity contribution in [1.82, 2.24) is 15.0 Å². The SMILES string of the molecule is CCc1cnc(C(C)Nc2nc(NC)nc3sccc23)s1. The van der Waals surface area contributed by atoms with Crippen LogP contribution in [0.3, 0.4) is 0 Å². The molecule has 0 saturated heterocycles. The Morgan fingerprint density at radius 1 is 1.33 bits per heavy atom. The summed E-state index contributed by atoms with van der Waals surface area (Å²) in [6, 6.07) is 2.17. The summed E-state index contributed by atoms with van der Waals surface area (Å²) in [7, 11) is 1.83. The van der Waals surface area contributed by atoms with Crippen LogP contribution in [0.2, 0.25) is 0 Å². The summed E-state index contributed by atoms with van der Waals surface area (Å²) >= 11 is 3.37. The lowest BCUT2D eigenvalue weighted by atomic mass is 10.3. The van der Waals surface area contributed by atoms with E-state index in [-0.39, 0.29) is 6.04 Å². The molecule has 3 heterocycles. The third kappa shape index (κ3) is 2.84. The number of anilines is 2. The lowest BCUT2D eigenvalue weighted by Crippen LogP contribution is -2.09. The van der Waals surface area contributed by atoms with E-state index in [4.69, 9.17) is 0 Å². The van der Waals surface area contributed by atoms with Gasteiger partial charge in [0.15, 0.2) is 0 Å². The molecule has 1 atom stereocenters. The van der Waals surface area contributed by atoms with Crippen LogP contribution in [-0.4, -0.2) is 22.0 Å². The average molecular weight is 319 g/mol. The van der Waals surface area contributed by atoms with Gasteiger partial charge in [0.25, 0.3) is 0 Å². The van der Waals surface area contributed by atoms with Crippen LogP contribution in [0.15, 0.2) is 17.6 Å². The Morgan fingerprint density at radius 3 is 2.90 bits per heavy atom. The van der Waals surface area contributed by atoms with Gasteiger partial charge in [0.2, 0.25) is 5.95 Å². The fraction of sp³-hybridized carbons (Fsp3) is 0.357. The van der Waals surface area contributed by atoms with Crippen LogP contribution >= 0.6 is 22.7 Å². The van der Waals surface area contributed by atoms with Crippen LogP contribution in [0.4, 0.5) is 11.8 Å². The molecule has 110 valence electrons. The third-order valence-corrected chi connectivity index (χ3v) is 5.32. The molecule has 0 amide bonds. The summed E-state index contributed by atoms with van der Waals surface area (Å²) in [5.74, 6) is 1.49. The second kappa shape index (κ2) is 5.95. The van der Waals surface area contributed by atoms with Crippen LogP contribution in [-0.2, 0) is 6.42 Å². The van der Waals surface area contributed by atoms with Gasteiger partial charge in [0.1, 0.15) is 15.7 Å². The van der Waals surface area contributed by atoms with Crippen molar-refractivity contribution in [3.05, 3.63) is 27.5 Å². The van der Waals surface area contributed by atoms with Gasteiger partial charge in [0, 0.05) is 18.1 Å². The number of thiazole rings is 1. The van der Waals surface area contributed by atoms with Crippen molar-refractivity contribution in [3.8, 4) is 0 Å². The molecule has 0 spiro atoms. The molecule has 0 fully saturated rings. The third-order valence-electron chi connectivity index (χ3n) is 3.19. The van der Waals surface area contributed by atoms with E-state index in [9.17, 15) is 0 Å². The molecule has 21 heavy (non-hydrogen) atoms. The first kappa shape index (κ1) is 14.2. The summed E-state index contributed by atoms with van der Waals surface area (Å²) in [4.78, 5) is 15.8. The highest BCUT2D eigenvalue weighted by Crippen LogP contribution is 2.30. The van der Waals surface area contributed by atoms with Gasteiger partial charge in [-0.3, -0.25) is 0 Å². The van der Waals surface area contributed by atoms with Crippen LogP contribution in [0.1, 0.15) is 29.8 Å². The van der Waals surface area contributed by atoms with Crippen LogP contribution in [0, 0.1) is 0 Å².